The van der Waals surface area contributed by atoms with Crippen LogP contribution in [-0.4, -0.2) is 22.3 Å². The molecule has 3 N–H and O–H groups in total. The number of nitrogens with zero attached hydrogens (tertiary/aromatic N) is 1. The van der Waals surface area contributed by atoms with Crippen LogP contribution in [0.5, 0.6) is 11.7 Å². The summed E-state index contributed by atoms with van der Waals surface area (Å²) in [4.78, 5) is 10.8. The zero-order valence-corrected chi connectivity index (χ0v) is 11.8. The van der Waals surface area contributed by atoms with Crippen molar-refractivity contribution in [1.82, 2.24) is 5.06 Å². The van der Waals surface area contributed by atoms with Gasteiger partial charge in [0.15, 0.2) is 0 Å². The maximum absolute atomic E-state index is 12.8. The van der Waals surface area contributed by atoms with Crippen molar-refractivity contribution in [3.63, 3.8) is 0 Å². The Balaban J connectivity index is 1.99. The van der Waals surface area contributed by atoms with Crippen LogP contribution in [0.15, 0.2) is 46.9 Å². The van der Waals surface area contributed by atoms with Gasteiger partial charge in [-0.2, -0.15) is 5.06 Å². The third kappa shape index (κ3) is 4.10. The maximum atomic E-state index is 12.8. The Labute approximate surface area is 126 Å². The van der Waals surface area contributed by atoms with E-state index in [2.05, 4.69) is 0 Å². The second kappa shape index (κ2) is 6.77. The Bertz CT molecular complexity index is 666. The third-order valence-electron chi connectivity index (χ3n) is 2.78. The van der Waals surface area contributed by atoms with Crippen LogP contribution in [0.25, 0.3) is 6.08 Å². The fraction of sp³-hybridized carbons (Fsp3) is 0.133. The minimum absolute atomic E-state index is 0.231. The number of furan rings is 1. The minimum atomic E-state index is -0.947. The first kappa shape index (κ1) is 15.6. The number of amides is 2. The number of carbonyl (C=O) groups excluding carboxylic acids is 1. The first-order chi connectivity index (χ1) is 10.5. The second-order valence-corrected chi connectivity index (χ2v) is 4.50. The molecule has 2 aromatic rings. The van der Waals surface area contributed by atoms with Crippen molar-refractivity contribution in [3.05, 3.63) is 54.1 Å². The molecule has 22 heavy (non-hydrogen) atoms. The van der Waals surface area contributed by atoms with Crippen LogP contribution < -0.4 is 10.5 Å². The number of halogens is 1. The number of benzene rings is 1. The molecule has 116 valence electrons. The van der Waals surface area contributed by atoms with Crippen LogP contribution in [0, 0.1) is 5.82 Å². The summed E-state index contributed by atoms with van der Waals surface area (Å²) in [7, 11) is 0. The van der Waals surface area contributed by atoms with E-state index in [1.54, 1.807) is 25.1 Å². The maximum Gasteiger partial charge on any atom is 0.339 e. The van der Waals surface area contributed by atoms with Gasteiger partial charge in [-0.25, -0.2) is 9.18 Å². The summed E-state index contributed by atoms with van der Waals surface area (Å²) in [6.07, 6.45) is 3.10. The fourth-order valence-corrected chi connectivity index (χ4v) is 1.61. The molecule has 0 radical (unpaired) electrons. The SMILES string of the molecule is CC(/C=C/c1ccc(Oc2ccc(F)cc2)o1)N(O)C(N)=O. The van der Waals surface area contributed by atoms with Gasteiger partial charge in [-0.1, -0.05) is 6.08 Å². The molecular weight excluding hydrogens is 291 g/mol. The highest BCUT2D eigenvalue weighted by Crippen LogP contribution is 2.24. The number of ether oxygens (including phenoxy) is 1. The van der Waals surface area contributed by atoms with Crippen molar-refractivity contribution in [1.29, 1.82) is 0 Å². The number of rotatable bonds is 5. The molecule has 1 atom stereocenters. The van der Waals surface area contributed by atoms with Crippen LogP contribution in [0.4, 0.5) is 9.18 Å². The van der Waals surface area contributed by atoms with Crippen LogP contribution in [0.3, 0.4) is 0 Å². The molecule has 0 bridgehead atoms. The van der Waals surface area contributed by atoms with Gasteiger partial charge < -0.3 is 14.9 Å². The van der Waals surface area contributed by atoms with Gasteiger partial charge in [0.25, 0.3) is 5.95 Å². The summed E-state index contributed by atoms with van der Waals surface area (Å²) >= 11 is 0. The van der Waals surface area contributed by atoms with Gasteiger partial charge in [0, 0.05) is 6.07 Å². The number of primary amides is 1. The average Bonchev–Trinajstić information content (AvgIpc) is 2.94. The summed E-state index contributed by atoms with van der Waals surface area (Å²) in [5, 5.41) is 9.72. The van der Waals surface area contributed by atoms with Crippen LogP contribution >= 0.6 is 0 Å². The summed E-state index contributed by atoms with van der Waals surface area (Å²) in [6, 6.07) is 7.20. The Kier molecular flexibility index (Phi) is 4.80. The molecular formula is C15H15FN2O4. The lowest BCUT2D eigenvalue weighted by Crippen LogP contribution is -2.38. The fourth-order valence-electron chi connectivity index (χ4n) is 1.61. The van der Waals surface area contributed by atoms with Crippen LogP contribution in [-0.2, 0) is 0 Å². The number of carbonyl (C=O) groups is 1. The van der Waals surface area contributed by atoms with Gasteiger partial charge in [0.05, 0.1) is 6.04 Å². The number of hydroxylamine groups is 2. The number of urea groups is 1. The topological polar surface area (TPSA) is 88.9 Å². The molecule has 2 amide bonds. The second-order valence-electron chi connectivity index (χ2n) is 4.50. The van der Waals surface area contributed by atoms with Gasteiger partial charge in [0.1, 0.15) is 17.3 Å². The van der Waals surface area contributed by atoms with E-state index in [4.69, 9.17) is 14.9 Å². The van der Waals surface area contributed by atoms with Crippen LogP contribution in [0.2, 0.25) is 0 Å². The van der Waals surface area contributed by atoms with Gasteiger partial charge in [-0.15, -0.1) is 0 Å². The number of hydrogen-bond acceptors (Lipinski definition) is 4. The monoisotopic (exact) mass is 306 g/mol. The molecule has 0 saturated carbocycles. The Morgan fingerprint density at radius 1 is 1.36 bits per heavy atom. The highest BCUT2D eigenvalue weighted by Gasteiger charge is 2.11. The highest BCUT2D eigenvalue weighted by molar-refractivity contribution is 5.71. The van der Waals surface area contributed by atoms with Gasteiger partial charge in [0.2, 0.25) is 0 Å². The lowest BCUT2D eigenvalue weighted by atomic mass is 10.3. The van der Waals surface area contributed by atoms with Gasteiger partial charge in [-0.3, -0.25) is 5.21 Å². The molecule has 0 aliphatic carbocycles. The summed E-state index contributed by atoms with van der Waals surface area (Å²) < 4.78 is 23.6. The number of nitrogens with two attached hydrogens (primary N) is 1. The van der Waals surface area contributed by atoms with Crippen molar-refractivity contribution in [2.24, 2.45) is 5.73 Å². The lowest BCUT2D eigenvalue weighted by Gasteiger charge is -2.16. The molecule has 1 unspecified atom stereocenters. The zero-order chi connectivity index (χ0) is 16.1. The summed E-state index contributed by atoms with van der Waals surface area (Å²) in [6.45, 7) is 1.58. The molecule has 0 saturated heterocycles. The normalized spacial score (nSPS) is 12.3. The van der Waals surface area contributed by atoms with Gasteiger partial charge >= 0.3 is 6.03 Å². The Morgan fingerprint density at radius 3 is 2.68 bits per heavy atom. The Hall–Kier alpha value is -2.80. The standard InChI is InChI=1S/C15H15FN2O4/c1-10(18(20)15(17)19)2-5-12-8-9-14(21-12)22-13-6-3-11(16)4-7-13/h2-10,20H,1H3,(H2,17,19)/b5-2+. The molecule has 7 heteroatoms. The quantitative estimate of drug-likeness (QED) is 0.654. The summed E-state index contributed by atoms with van der Waals surface area (Å²) in [5.41, 5.74) is 4.94. The van der Waals surface area contributed by atoms with Crippen molar-refractivity contribution in [3.8, 4) is 11.7 Å². The lowest BCUT2D eigenvalue weighted by molar-refractivity contribution is -0.0560. The molecule has 0 aliphatic heterocycles. The molecule has 0 aliphatic rings. The first-order valence-electron chi connectivity index (χ1n) is 6.44. The van der Waals surface area contributed by atoms with E-state index in [0.29, 0.717) is 16.6 Å². The summed E-state index contributed by atoms with van der Waals surface area (Å²) in [5.74, 6) is 0.777. The van der Waals surface area contributed by atoms with E-state index in [1.807, 2.05) is 0 Å². The van der Waals surface area contributed by atoms with Crippen LogP contribution in [0.1, 0.15) is 12.7 Å². The zero-order valence-electron chi connectivity index (χ0n) is 11.8. The van der Waals surface area contributed by atoms with E-state index in [-0.39, 0.29) is 11.8 Å². The van der Waals surface area contributed by atoms with Crippen molar-refractivity contribution < 1.29 is 23.5 Å². The van der Waals surface area contributed by atoms with Gasteiger partial charge in [-0.05, 0) is 43.3 Å². The van der Waals surface area contributed by atoms with E-state index in [9.17, 15) is 14.4 Å². The smallest absolute Gasteiger partial charge is 0.339 e. The minimum Gasteiger partial charge on any atom is -0.426 e. The largest absolute Gasteiger partial charge is 0.426 e. The Morgan fingerprint density at radius 2 is 2.05 bits per heavy atom. The number of hydrogen-bond donors (Lipinski definition) is 2. The van der Waals surface area contributed by atoms with E-state index in [1.165, 1.54) is 30.3 Å². The van der Waals surface area contributed by atoms with Crippen molar-refractivity contribution in [2.45, 2.75) is 13.0 Å². The molecule has 0 spiro atoms. The van der Waals surface area contributed by atoms with E-state index < -0.39 is 12.1 Å². The first-order valence-corrected chi connectivity index (χ1v) is 6.44. The predicted octanol–water partition coefficient (Wildman–Crippen LogP) is 3.38. The van der Waals surface area contributed by atoms with Crippen molar-refractivity contribution >= 4 is 12.1 Å². The molecule has 1 heterocycles. The highest BCUT2D eigenvalue weighted by atomic mass is 19.1. The third-order valence-corrected chi connectivity index (χ3v) is 2.78. The molecule has 0 fully saturated rings. The van der Waals surface area contributed by atoms with E-state index in [0.717, 1.165) is 0 Å². The van der Waals surface area contributed by atoms with Crippen molar-refractivity contribution in [2.75, 3.05) is 0 Å². The molecule has 1 aromatic carbocycles. The molecule has 2 rings (SSSR count). The predicted molar refractivity (Wildman–Crippen MR) is 76.9 cm³/mol. The molecule has 1 aromatic heterocycles. The molecule has 6 nitrogen and oxygen atoms in total. The average molecular weight is 306 g/mol. The van der Waals surface area contributed by atoms with E-state index >= 15 is 0 Å².